The van der Waals surface area contributed by atoms with Crippen molar-refractivity contribution >= 4 is 11.6 Å². The normalized spacial score (nSPS) is 10.5. The van der Waals surface area contributed by atoms with E-state index in [-0.39, 0.29) is 5.91 Å². The van der Waals surface area contributed by atoms with E-state index in [4.69, 9.17) is 4.52 Å². The summed E-state index contributed by atoms with van der Waals surface area (Å²) in [6, 6.07) is 13.8. The first-order valence-electron chi connectivity index (χ1n) is 8.58. The van der Waals surface area contributed by atoms with Crippen LogP contribution in [0.25, 0.3) is 11.3 Å². The largest absolute Gasteiger partial charge is 0.375 e. The van der Waals surface area contributed by atoms with Gasteiger partial charge in [0.25, 0.3) is 5.91 Å². The molecule has 6 nitrogen and oxygen atoms in total. The van der Waals surface area contributed by atoms with Crippen molar-refractivity contribution in [2.45, 2.75) is 13.3 Å². The Morgan fingerprint density at radius 1 is 1.19 bits per heavy atom. The molecule has 1 aromatic carbocycles. The van der Waals surface area contributed by atoms with Gasteiger partial charge in [0.1, 0.15) is 5.56 Å². The zero-order chi connectivity index (χ0) is 18.4. The zero-order valence-electron chi connectivity index (χ0n) is 15.0. The van der Waals surface area contributed by atoms with Crippen LogP contribution in [0.5, 0.6) is 0 Å². The number of carbonyl (C=O) groups excluding carboxylic acids is 1. The van der Waals surface area contributed by atoms with Gasteiger partial charge in [-0.15, -0.1) is 0 Å². The van der Waals surface area contributed by atoms with E-state index in [2.05, 4.69) is 32.5 Å². The van der Waals surface area contributed by atoms with Crippen LogP contribution < -0.4 is 10.2 Å². The third-order valence-electron chi connectivity index (χ3n) is 4.17. The molecule has 0 atom stereocenters. The number of benzene rings is 1. The molecule has 0 fully saturated rings. The number of rotatable bonds is 7. The Morgan fingerprint density at radius 2 is 2.00 bits per heavy atom. The molecule has 0 saturated heterocycles. The standard InChI is InChI=1S/C20H22N4O2/c1-15-18(19(26-23-15)16-8-6-11-21-14-16)20(25)22-12-7-13-24(2)17-9-4-3-5-10-17/h3-6,8-11,14H,7,12-13H2,1-2H3,(H,22,25). The molecule has 26 heavy (non-hydrogen) atoms. The van der Waals surface area contributed by atoms with E-state index in [0.29, 0.717) is 23.6 Å². The number of hydrogen-bond acceptors (Lipinski definition) is 5. The second kappa shape index (κ2) is 8.29. The molecule has 0 unspecified atom stereocenters. The predicted molar refractivity (Wildman–Crippen MR) is 101 cm³/mol. The van der Waals surface area contributed by atoms with Gasteiger partial charge in [0.15, 0.2) is 5.76 Å². The molecule has 0 saturated carbocycles. The summed E-state index contributed by atoms with van der Waals surface area (Å²) >= 11 is 0. The number of para-hydroxylation sites is 1. The van der Waals surface area contributed by atoms with E-state index in [9.17, 15) is 4.79 Å². The third kappa shape index (κ3) is 4.08. The van der Waals surface area contributed by atoms with E-state index in [0.717, 1.165) is 24.2 Å². The molecular formula is C20H22N4O2. The molecule has 0 spiro atoms. The molecule has 0 aliphatic carbocycles. The molecule has 1 amide bonds. The molecule has 0 aliphatic heterocycles. The highest BCUT2D eigenvalue weighted by molar-refractivity contribution is 6.00. The van der Waals surface area contributed by atoms with Crippen molar-refractivity contribution in [3.8, 4) is 11.3 Å². The van der Waals surface area contributed by atoms with E-state index < -0.39 is 0 Å². The summed E-state index contributed by atoms with van der Waals surface area (Å²) in [7, 11) is 2.04. The highest BCUT2D eigenvalue weighted by atomic mass is 16.5. The molecule has 6 heteroatoms. The summed E-state index contributed by atoms with van der Waals surface area (Å²) in [6.45, 7) is 3.19. The highest BCUT2D eigenvalue weighted by Crippen LogP contribution is 2.25. The maximum absolute atomic E-state index is 12.6. The van der Waals surface area contributed by atoms with Crippen LogP contribution in [0, 0.1) is 6.92 Å². The van der Waals surface area contributed by atoms with Crippen molar-refractivity contribution in [2.75, 3.05) is 25.0 Å². The van der Waals surface area contributed by atoms with Crippen LogP contribution in [-0.4, -0.2) is 36.2 Å². The van der Waals surface area contributed by atoms with Crippen molar-refractivity contribution in [3.63, 3.8) is 0 Å². The topological polar surface area (TPSA) is 71.3 Å². The maximum Gasteiger partial charge on any atom is 0.257 e. The second-order valence-corrected chi connectivity index (χ2v) is 6.08. The van der Waals surface area contributed by atoms with Crippen molar-refractivity contribution in [1.29, 1.82) is 0 Å². The number of nitrogens with one attached hydrogen (secondary N) is 1. The molecule has 0 aliphatic rings. The molecule has 0 bridgehead atoms. The minimum atomic E-state index is -0.176. The van der Waals surface area contributed by atoms with Crippen molar-refractivity contribution in [2.24, 2.45) is 0 Å². The number of aromatic nitrogens is 2. The Hall–Kier alpha value is -3.15. The van der Waals surface area contributed by atoms with Crippen LogP contribution in [-0.2, 0) is 0 Å². The minimum Gasteiger partial charge on any atom is -0.375 e. The molecule has 3 rings (SSSR count). The Balaban J connectivity index is 1.57. The van der Waals surface area contributed by atoms with Gasteiger partial charge < -0.3 is 14.7 Å². The Kier molecular flexibility index (Phi) is 5.63. The fourth-order valence-electron chi connectivity index (χ4n) is 2.75. The van der Waals surface area contributed by atoms with E-state index in [1.54, 1.807) is 25.4 Å². The summed E-state index contributed by atoms with van der Waals surface area (Å²) in [5.41, 5.74) is 2.94. The quantitative estimate of drug-likeness (QED) is 0.662. The number of anilines is 1. The number of aryl methyl sites for hydroxylation is 1. The first-order valence-corrected chi connectivity index (χ1v) is 8.58. The van der Waals surface area contributed by atoms with E-state index in [1.807, 2.05) is 31.3 Å². The predicted octanol–water partition coefficient (Wildman–Crippen LogP) is 3.30. The molecule has 134 valence electrons. The van der Waals surface area contributed by atoms with Gasteiger partial charge in [-0.25, -0.2) is 0 Å². The first kappa shape index (κ1) is 17.7. The second-order valence-electron chi connectivity index (χ2n) is 6.08. The summed E-state index contributed by atoms with van der Waals surface area (Å²) < 4.78 is 5.35. The SMILES string of the molecule is Cc1noc(-c2cccnc2)c1C(=O)NCCCN(C)c1ccccc1. The van der Waals surface area contributed by atoms with Crippen LogP contribution in [0.2, 0.25) is 0 Å². The molecule has 2 heterocycles. The molecule has 3 aromatic rings. The Bertz CT molecular complexity index is 847. The van der Waals surface area contributed by atoms with Gasteiger partial charge in [0.2, 0.25) is 0 Å². The summed E-state index contributed by atoms with van der Waals surface area (Å²) in [5.74, 6) is 0.277. The number of hydrogen-bond donors (Lipinski definition) is 1. The average molecular weight is 350 g/mol. The van der Waals surface area contributed by atoms with Gasteiger partial charge in [-0.2, -0.15) is 0 Å². The number of pyridine rings is 1. The van der Waals surface area contributed by atoms with Crippen molar-refractivity contribution in [1.82, 2.24) is 15.5 Å². The summed E-state index contributed by atoms with van der Waals surface area (Å²) in [5, 5.41) is 6.90. The van der Waals surface area contributed by atoms with Gasteiger partial charge in [-0.05, 0) is 37.6 Å². The third-order valence-corrected chi connectivity index (χ3v) is 4.17. The van der Waals surface area contributed by atoms with Crippen LogP contribution in [0.1, 0.15) is 22.5 Å². The van der Waals surface area contributed by atoms with E-state index >= 15 is 0 Å². The molecule has 1 N–H and O–H groups in total. The van der Waals surface area contributed by atoms with Crippen LogP contribution in [0.4, 0.5) is 5.69 Å². The number of nitrogens with zero attached hydrogens (tertiary/aromatic N) is 3. The van der Waals surface area contributed by atoms with Gasteiger partial charge in [-0.3, -0.25) is 9.78 Å². The molecular weight excluding hydrogens is 328 g/mol. The lowest BCUT2D eigenvalue weighted by Crippen LogP contribution is -2.28. The monoisotopic (exact) mass is 350 g/mol. The fourth-order valence-corrected chi connectivity index (χ4v) is 2.75. The van der Waals surface area contributed by atoms with Crippen molar-refractivity contribution < 1.29 is 9.32 Å². The maximum atomic E-state index is 12.6. The molecule has 2 aromatic heterocycles. The average Bonchev–Trinajstić information content (AvgIpc) is 3.08. The number of amides is 1. The van der Waals surface area contributed by atoms with Crippen LogP contribution in [0.15, 0.2) is 59.4 Å². The molecule has 0 radical (unpaired) electrons. The Morgan fingerprint density at radius 3 is 2.73 bits per heavy atom. The first-order chi connectivity index (χ1) is 12.7. The lowest BCUT2D eigenvalue weighted by molar-refractivity contribution is 0.0953. The van der Waals surface area contributed by atoms with Crippen molar-refractivity contribution in [3.05, 3.63) is 66.1 Å². The van der Waals surface area contributed by atoms with Gasteiger partial charge in [0, 0.05) is 43.8 Å². The van der Waals surface area contributed by atoms with E-state index in [1.165, 1.54) is 0 Å². The lowest BCUT2D eigenvalue weighted by Gasteiger charge is -2.19. The summed E-state index contributed by atoms with van der Waals surface area (Å²) in [6.07, 6.45) is 4.17. The van der Waals surface area contributed by atoms with Gasteiger partial charge >= 0.3 is 0 Å². The lowest BCUT2D eigenvalue weighted by atomic mass is 10.1. The highest BCUT2D eigenvalue weighted by Gasteiger charge is 2.21. The van der Waals surface area contributed by atoms with Crippen LogP contribution in [0.3, 0.4) is 0 Å². The van der Waals surface area contributed by atoms with Crippen LogP contribution >= 0.6 is 0 Å². The summed E-state index contributed by atoms with van der Waals surface area (Å²) in [4.78, 5) is 18.8. The fraction of sp³-hybridized carbons (Fsp3) is 0.250. The zero-order valence-corrected chi connectivity index (χ0v) is 15.0. The Labute approximate surface area is 152 Å². The number of carbonyl (C=O) groups is 1. The minimum absolute atomic E-state index is 0.176. The van der Waals surface area contributed by atoms with Gasteiger partial charge in [-0.1, -0.05) is 23.4 Å². The smallest absolute Gasteiger partial charge is 0.257 e. The van der Waals surface area contributed by atoms with Gasteiger partial charge in [0.05, 0.1) is 5.69 Å².